The second-order valence-corrected chi connectivity index (χ2v) is 7.39. The van der Waals surface area contributed by atoms with E-state index in [4.69, 9.17) is 17.0 Å². The molecule has 0 unspecified atom stereocenters. The van der Waals surface area contributed by atoms with Gasteiger partial charge in [0.15, 0.2) is 5.11 Å². The third kappa shape index (κ3) is 3.63. The summed E-state index contributed by atoms with van der Waals surface area (Å²) in [6, 6.07) is 17.4. The first-order chi connectivity index (χ1) is 12.7. The molecule has 0 aromatic heterocycles. The molecule has 2 aromatic rings. The van der Waals surface area contributed by atoms with E-state index in [0.29, 0.717) is 6.04 Å². The number of benzene rings is 2. The van der Waals surface area contributed by atoms with E-state index in [1.807, 2.05) is 12.1 Å². The zero-order valence-corrected chi connectivity index (χ0v) is 16.0. The summed E-state index contributed by atoms with van der Waals surface area (Å²) in [6.07, 6.45) is 2.14. The van der Waals surface area contributed by atoms with Crippen molar-refractivity contribution in [2.45, 2.75) is 18.9 Å². The fourth-order valence-corrected chi connectivity index (χ4v) is 4.25. The molecule has 136 valence electrons. The number of rotatable bonds is 3. The molecule has 26 heavy (non-hydrogen) atoms. The highest BCUT2D eigenvalue weighted by molar-refractivity contribution is 7.80. The molecule has 2 aromatic carbocycles. The van der Waals surface area contributed by atoms with E-state index < -0.39 is 0 Å². The number of thiocarbonyl (C=S) groups is 1. The van der Waals surface area contributed by atoms with Crippen molar-refractivity contribution in [3.05, 3.63) is 59.7 Å². The molecule has 0 spiro atoms. The molecule has 1 aliphatic heterocycles. The van der Waals surface area contributed by atoms with Crippen molar-refractivity contribution >= 4 is 23.0 Å². The van der Waals surface area contributed by atoms with Crippen LogP contribution in [0.1, 0.15) is 11.1 Å². The molecule has 0 amide bonds. The normalized spacial score (nSPS) is 17.1. The minimum absolute atomic E-state index is 0.427. The Morgan fingerprint density at radius 1 is 1.00 bits per heavy atom. The average molecular weight is 368 g/mol. The van der Waals surface area contributed by atoms with Crippen LogP contribution in [0.25, 0.3) is 0 Å². The summed E-state index contributed by atoms with van der Waals surface area (Å²) in [7, 11) is 1.71. The number of piperazine rings is 1. The third-order valence-corrected chi connectivity index (χ3v) is 5.74. The monoisotopic (exact) mass is 367 g/mol. The Morgan fingerprint density at radius 2 is 1.69 bits per heavy atom. The maximum Gasteiger partial charge on any atom is 0.169 e. The van der Waals surface area contributed by atoms with E-state index in [1.54, 1.807) is 7.11 Å². The number of fused-ring (bicyclic) bond motifs is 1. The van der Waals surface area contributed by atoms with Gasteiger partial charge in [0.2, 0.25) is 0 Å². The number of anilines is 1. The minimum Gasteiger partial charge on any atom is -0.497 e. The van der Waals surface area contributed by atoms with Gasteiger partial charge in [-0.1, -0.05) is 30.3 Å². The first-order valence-corrected chi connectivity index (χ1v) is 9.65. The van der Waals surface area contributed by atoms with Crippen LogP contribution in [0.4, 0.5) is 5.69 Å². The summed E-state index contributed by atoms with van der Waals surface area (Å²) in [5.41, 5.74) is 4.13. The van der Waals surface area contributed by atoms with Crippen molar-refractivity contribution in [3.8, 4) is 5.75 Å². The predicted molar refractivity (Wildman–Crippen MR) is 110 cm³/mol. The average Bonchev–Trinajstić information content (AvgIpc) is 3.10. The molecule has 0 radical (unpaired) electrons. The molecule has 1 heterocycles. The number of nitrogens with one attached hydrogen (secondary N) is 1. The number of nitrogens with zero attached hydrogens (tertiary/aromatic N) is 2. The van der Waals surface area contributed by atoms with E-state index in [-0.39, 0.29) is 0 Å². The summed E-state index contributed by atoms with van der Waals surface area (Å²) in [5.74, 6) is 0.905. The number of hydrogen-bond donors (Lipinski definition) is 1. The lowest BCUT2D eigenvalue weighted by Crippen LogP contribution is -2.53. The lowest BCUT2D eigenvalue weighted by atomic mass is 10.1. The lowest BCUT2D eigenvalue weighted by Gasteiger charge is -2.38. The lowest BCUT2D eigenvalue weighted by molar-refractivity contribution is 0.374. The molecule has 1 N–H and O–H groups in total. The second-order valence-electron chi connectivity index (χ2n) is 7.00. The Hall–Kier alpha value is -2.27. The Bertz CT molecular complexity index is 761. The van der Waals surface area contributed by atoms with Gasteiger partial charge in [-0.2, -0.15) is 0 Å². The van der Waals surface area contributed by atoms with Gasteiger partial charge in [0.1, 0.15) is 5.75 Å². The predicted octanol–water partition coefficient (Wildman–Crippen LogP) is 2.86. The van der Waals surface area contributed by atoms with Crippen LogP contribution in [0, 0.1) is 0 Å². The standard InChI is InChI=1S/C21H25N3OS/c1-25-20-8-4-7-19(15-20)23-9-11-24(12-10-23)21(26)22-18-13-16-5-2-3-6-17(16)14-18/h2-8,15,18H,9-14H2,1H3,(H,22,26). The van der Waals surface area contributed by atoms with Crippen molar-refractivity contribution in [1.29, 1.82) is 0 Å². The summed E-state index contributed by atoms with van der Waals surface area (Å²) in [4.78, 5) is 4.70. The summed E-state index contributed by atoms with van der Waals surface area (Å²) < 4.78 is 5.34. The SMILES string of the molecule is COc1cccc(N2CCN(C(=S)NC3Cc4ccccc4C3)CC2)c1. The molecule has 4 nitrogen and oxygen atoms in total. The van der Waals surface area contributed by atoms with Gasteiger partial charge in [0.05, 0.1) is 7.11 Å². The molecule has 1 aliphatic carbocycles. The molecule has 0 atom stereocenters. The van der Waals surface area contributed by atoms with E-state index in [1.165, 1.54) is 16.8 Å². The fraction of sp³-hybridized carbons (Fsp3) is 0.381. The van der Waals surface area contributed by atoms with E-state index in [0.717, 1.165) is 49.9 Å². The van der Waals surface area contributed by atoms with Crippen LogP contribution in [0.5, 0.6) is 5.75 Å². The highest BCUT2D eigenvalue weighted by Crippen LogP contribution is 2.23. The van der Waals surface area contributed by atoms with Crippen LogP contribution >= 0.6 is 12.2 Å². The Kier molecular flexibility index (Phi) is 4.98. The number of methoxy groups -OCH3 is 1. The second kappa shape index (κ2) is 7.54. The Labute approximate surface area is 160 Å². The van der Waals surface area contributed by atoms with Crippen LogP contribution in [0.2, 0.25) is 0 Å². The Morgan fingerprint density at radius 3 is 2.35 bits per heavy atom. The van der Waals surface area contributed by atoms with Gasteiger partial charge in [0.25, 0.3) is 0 Å². The fourth-order valence-electron chi connectivity index (χ4n) is 3.90. The maximum atomic E-state index is 5.69. The molecule has 5 heteroatoms. The molecule has 4 rings (SSSR count). The van der Waals surface area contributed by atoms with Crippen molar-refractivity contribution in [2.24, 2.45) is 0 Å². The molecular weight excluding hydrogens is 342 g/mol. The van der Waals surface area contributed by atoms with Gasteiger partial charge in [-0.05, 0) is 48.3 Å². The first kappa shape index (κ1) is 17.2. The van der Waals surface area contributed by atoms with Gasteiger partial charge in [0, 0.05) is 44.0 Å². The Balaban J connectivity index is 1.30. The largest absolute Gasteiger partial charge is 0.497 e. The van der Waals surface area contributed by atoms with E-state index in [2.05, 4.69) is 51.5 Å². The zero-order valence-electron chi connectivity index (χ0n) is 15.1. The number of ether oxygens (including phenoxy) is 1. The quantitative estimate of drug-likeness (QED) is 0.842. The van der Waals surface area contributed by atoms with Crippen molar-refractivity contribution in [2.75, 3.05) is 38.2 Å². The maximum absolute atomic E-state index is 5.69. The van der Waals surface area contributed by atoms with Crippen LogP contribution in [0.3, 0.4) is 0 Å². The summed E-state index contributed by atoms with van der Waals surface area (Å²) in [6.45, 7) is 3.84. The van der Waals surface area contributed by atoms with Crippen molar-refractivity contribution in [1.82, 2.24) is 10.2 Å². The zero-order chi connectivity index (χ0) is 17.9. The highest BCUT2D eigenvalue weighted by atomic mass is 32.1. The van der Waals surface area contributed by atoms with Crippen LogP contribution < -0.4 is 15.0 Å². The van der Waals surface area contributed by atoms with Gasteiger partial charge < -0.3 is 19.9 Å². The topological polar surface area (TPSA) is 27.7 Å². The van der Waals surface area contributed by atoms with Gasteiger partial charge in [-0.25, -0.2) is 0 Å². The summed E-state index contributed by atoms with van der Waals surface area (Å²) in [5, 5.41) is 4.48. The van der Waals surface area contributed by atoms with Gasteiger partial charge >= 0.3 is 0 Å². The molecular formula is C21H25N3OS. The minimum atomic E-state index is 0.427. The third-order valence-electron chi connectivity index (χ3n) is 5.36. The number of hydrogen-bond acceptors (Lipinski definition) is 3. The van der Waals surface area contributed by atoms with Crippen LogP contribution in [0.15, 0.2) is 48.5 Å². The molecule has 1 saturated heterocycles. The molecule has 2 aliphatic rings. The highest BCUT2D eigenvalue weighted by Gasteiger charge is 2.25. The van der Waals surface area contributed by atoms with Crippen LogP contribution in [-0.2, 0) is 12.8 Å². The van der Waals surface area contributed by atoms with E-state index in [9.17, 15) is 0 Å². The van der Waals surface area contributed by atoms with Gasteiger partial charge in [-0.3, -0.25) is 0 Å². The molecule has 0 saturated carbocycles. The van der Waals surface area contributed by atoms with Gasteiger partial charge in [-0.15, -0.1) is 0 Å². The van der Waals surface area contributed by atoms with Crippen molar-refractivity contribution in [3.63, 3.8) is 0 Å². The van der Waals surface area contributed by atoms with Crippen LogP contribution in [-0.4, -0.2) is 49.3 Å². The van der Waals surface area contributed by atoms with Crippen molar-refractivity contribution < 1.29 is 4.74 Å². The summed E-state index contributed by atoms with van der Waals surface area (Å²) >= 11 is 5.69. The smallest absolute Gasteiger partial charge is 0.169 e. The first-order valence-electron chi connectivity index (χ1n) is 9.24. The molecule has 0 bridgehead atoms. The molecule has 1 fully saturated rings. The van der Waals surface area contributed by atoms with E-state index >= 15 is 0 Å².